The molecule has 1 aromatic rings. The van der Waals surface area contributed by atoms with Gasteiger partial charge in [0.25, 0.3) is 0 Å². The van der Waals surface area contributed by atoms with Crippen molar-refractivity contribution >= 4 is 21.6 Å². The van der Waals surface area contributed by atoms with Crippen molar-refractivity contribution < 1.29 is 8.42 Å². The van der Waals surface area contributed by atoms with Gasteiger partial charge in [-0.1, -0.05) is 31.5 Å². The number of rotatable bonds is 7. The van der Waals surface area contributed by atoms with E-state index in [4.69, 9.17) is 11.6 Å². The first-order chi connectivity index (χ1) is 9.34. The summed E-state index contributed by atoms with van der Waals surface area (Å²) in [5.74, 6) is 0. The monoisotopic (exact) mass is 318 g/mol. The molecule has 1 aromatic carbocycles. The summed E-state index contributed by atoms with van der Waals surface area (Å²) < 4.78 is 26.5. The molecule has 0 spiro atoms. The topological polar surface area (TPSA) is 49.4 Å². The van der Waals surface area contributed by atoms with Crippen LogP contribution in [0.5, 0.6) is 0 Å². The molecule has 0 saturated carbocycles. The molecule has 0 aliphatic heterocycles. The fourth-order valence-corrected chi connectivity index (χ4v) is 4.02. The number of halogens is 1. The highest BCUT2D eigenvalue weighted by Crippen LogP contribution is 2.24. The second-order valence-electron chi connectivity index (χ2n) is 4.84. The van der Waals surface area contributed by atoms with Crippen LogP contribution >= 0.6 is 11.6 Å². The predicted octanol–water partition coefficient (Wildman–Crippen LogP) is 2.87. The number of nitrogens with one attached hydrogen (secondary N) is 1. The zero-order chi connectivity index (χ0) is 15.3. The van der Waals surface area contributed by atoms with Gasteiger partial charge in [0, 0.05) is 24.2 Å². The van der Waals surface area contributed by atoms with E-state index >= 15 is 0 Å². The van der Waals surface area contributed by atoms with E-state index in [0.29, 0.717) is 18.1 Å². The molecule has 1 N–H and O–H groups in total. The van der Waals surface area contributed by atoms with Crippen molar-refractivity contribution in [2.24, 2.45) is 0 Å². The maximum Gasteiger partial charge on any atom is 0.243 e. The Bertz CT molecular complexity index is 544. The molecular formula is C14H23ClN2O2S. The maximum atomic E-state index is 12.5. The standard InChI is InChI=1S/C14H23ClN2O2S/c1-5-16-10-12-7-8-13(9-14(12)15)20(18,19)17(6-2)11(3)4/h7-9,11,16H,5-6,10H2,1-4H3. The molecule has 1 rings (SSSR count). The first-order valence-corrected chi connectivity index (χ1v) is 8.67. The largest absolute Gasteiger partial charge is 0.313 e. The molecule has 6 heteroatoms. The number of hydrogen-bond acceptors (Lipinski definition) is 3. The highest BCUT2D eigenvalue weighted by atomic mass is 35.5. The fourth-order valence-electron chi connectivity index (χ4n) is 2.04. The van der Waals surface area contributed by atoms with Crippen LogP contribution in [0.4, 0.5) is 0 Å². The van der Waals surface area contributed by atoms with E-state index in [1.807, 2.05) is 27.7 Å². The minimum atomic E-state index is -3.48. The van der Waals surface area contributed by atoms with Gasteiger partial charge in [0.1, 0.15) is 0 Å². The van der Waals surface area contributed by atoms with Crippen LogP contribution in [0, 0.1) is 0 Å². The Kier molecular flexibility index (Phi) is 6.45. The number of hydrogen-bond donors (Lipinski definition) is 1. The maximum absolute atomic E-state index is 12.5. The van der Waals surface area contributed by atoms with E-state index in [1.165, 1.54) is 10.4 Å². The molecule has 4 nitrogen and oxygen atoms in total. The van der Waals surface area contributed by atoms with Crippen LogP contribution in [0.2, 0.25) is 5.02 Å². The summed E-state index contributed by atoms with van der Waals surface area (Å²) in [6, 6.07) is 4.85. The van der Waals surface area contributed by atoms with Crippen LogP contribution in [0.3, 0.4) is 0 Å². The van der Waals surface area contributed by atoms with Crippen molar-refractivity contribution in [1.29, 1.82) is 0 Å². The minimum Gasteiger partial charge on any atom is -0.313 e. The van der Waals surface area contributed by atoms with Crippen molar-refractivity contribution in [3.05, 3.63) is 28.8 Å². The van der Waals surface area contributed by atoms with Gasteiger partial charge < -0.3 is 5.32 Å². The van der Waals surface area contributed by atoms with Gasteiger partial charge in [-0.05, 0) is 38.1 Å². The molecule has 0 bridgehead atoms. The van der Waals surface area contributed by atoms with Gasteiger partial charge in [0.05, 0.1) is 4.90 Å². The second kappa shape index (κ2) is 7.41. The van der Waals surface area contributed by atoms with Crippen molar-refractivity contribution in [2.45, 2.75) is 45.2 Å². The van der Waals surface area contributed by atoms with Crippen LogP contribution in [0.15, 0.2) is 23.1 Å². The molecule has 0 radical (unpaired) electrons. The van der Waals surface area contributed by atoms with Crippen LogP contribution in [0.25, 0.3) is 0 Å². The van der Waals surface area contributed by atoms with Gasteiger partial charge in [-0.15, -0.1) is 0 Å². The summed E-state index contributed by atoms with van der Waals surface area (Å²) in [5, 5.41) is 3.65. The zero-order valence-electron chi connectivity index (χ0n) is 12.5. The Labute approximate surface area is 127 Å². The Balaban J connectivity index is 3.11. The van der Waals surface area contributed by atoms with Gasteiger partial charge >= 0.3 is 0 Å². The van der Waals surface area contributed by atoms with E-state index in [1.54, 1.807) is 12.1 Å². The van der Waals surface area contributed by atoms with Gasteiger partial charge in [0.15, 0.2) is 0 Å². The van der Waals surface area contributed by atoms with Crippen molar-refractivity contribution in [1.82, 2.24) is 9.62 Å². The lowest BCUT2D eigenvalue weighted by Gasteiger charge is -2.24. The molecule has 0 aliphatic rings. The van der Waals surface area contributed by atoms with Crippen molar-refractivity contribution in [2.75, 3.05) is 13.1 Å². The van der Waals surface area contributed by atoms with Gasteiger partial charge in [-0.25, -0.2) is 8.42 Å². The Morgan fingerprint density at radius 1 is 1.30 bits per heavy atom. The smallest absolute Gasteiger partial charge is 0.243 e. The second-order valence-corrected chi connectivity index (χ2v) is 7.13. The molecule has 0 unspecified atom stereocenters. The normalized spacial score (nSPS) is 12.3. The summed E-state index contributed by atoms with van der Waals surface area (Å²) in [7, 11) is -3.48. The quantitative estimate of drug-likeness (QED) is 0.841. The number of sulfonamides is 1. The Morgan fingerprint density at radius 2 is 1.95 bits per heavy atom. The average molecular weight is 319 g/mol. The van der Waals surface area contributed by atoms with Crippen LogP contribution in [-0.2, 0) is 16.6 Å². The third-order valence-electron chi connectivity index (χ3n) is 3.08. The Hall–Kier alpha value is -0.620. The van der Waals surface area contributed by atoms with Gasteiger partial charge in [-0.3, -0.25) is 0 Å². The molecular weight excluding hydrogens is 296 g/mol. The number of nitrogens with zero attached hydrogens (tertiary/aromatic N) is 1. The van der Waals surface area contributed by atoms with Crippen LogP contribution in [-0.4, -0.2) is 31.9 Å². The van der Waals surface area contributed by atoms with Gasteiger partial charge in [0.2, 0.25) is 10.0 Å². The summed E-state index contributed by atoms with van der Waals surface area (Å²) in [6.45, 7) is 9.49. The van der Waals surface area contributed by atoms with E-state index in [0.717, 1.165) is 12.1 Å². The van der Waals surface area contributed by atoms with Crippen LogP contribution in [0.1, 0.15) is 33.3 Å². The first-order valence-electron chi connectivity index (χ1n) is 6.85. The Morgan fingerprint density at radius 3 is 2.40 bits per heavy atom. The highest BCUT2D eigenvalue weighted by Gasteiger charge is 2.25. The summed E-state index contributed by atoms with van der Waals surface area (Å²) in [6.07, 6.45) is 0. The third-order valence-corrected chi connectivity index (χ3v) is 5.58. The van der Waals surface area contributed by atoms with Crippen LogP contribution < -0.4 is 5.32 Å². The molecule has 0 aliphatic carbocycles. The molecule has 0 saturated heterocycles. The van der Waals surface area contributed by atoms with E-state index in [2.05, 4.69) is 5.32 Å². The minimum absolute atomic E-state index is 0.0785. The predicted molar refractivity (Wildman–Crippen MR) is 83.5 cm³/mol. The SMILES string of the molecule is CCNCc1ccc(S(=O)(=O)N(CC)C(C)C)cc1Cl. The van der Waals surface area contributed by atoms with Gasteiger partial charge in [-0.2, -0.15) is 4.31 Å². The highest BCUT2D eigenvalue weighted by molar-refractivity contribution is 7.89. The van der Waals surface area contributed by atoms with Crippen molar-refractivity contribution in [3.63, 3.8) is 0 Å². The van der Waals surface area contributed by atoms with Crippen molar-refractivity contribution in [3.8, 4) is 0 Å². The first kappa shape index (κ1) is 17.4. The lowest BCUT2D eigenvalue weighted by molar-refractivity contribution is 0.369. The van der Waals surface area contributed by atoms with E-state index in [-0.39, 0.29) is 10.9 Å². The summed E-state index contributed by atoms with van der Waals surface area (Å²) >= 11 is 6.18. The molecule has 0 heterocycles. The molecule has 0 amide bonds. The summed E-state index contributed by atoms with van der Waals surface area (Å²) in [5.41, 5.74) is 0.903. The van der Waals surface area contributed by atoms with E-state index in [9.17, 15) is 8.42 Å². The molecule has 114 valence electrons. The third kappa shape index (κ3) is 3.95. The average Bonchev–Trinajstić information content (AvgIpc) is 2.37. The lowest BCUT2D eigenvalue weighted by atomic mass is 10.2. The van der Waals surface area contributed by atoms with E-state index < -0.39 is 10.0 Å². The lowest BCUT2D eigenvalue weighted by Crippen LogP contribution is -2.36. The number of benzene rings is 1. The summed E-state index contributed by atoms with van der Waals surface area (Å²) in [4.78, 5) is 0.248. The fraction of sp³-hybridized carbons (Fsp3) is 0.571. The molecule has 0 fully saturated rings. The molecule has 0 atom stereocenters. The molecule has 20 heavy (non-hydrogen) atoms. The zero-order valence-corrected chi connectivity index (χ0v) is 14.1. The molecule has 0 aromatic heterocycles.